The predicted molar refractivity (Wildman–Crippen MR) is 119 cm³/mol. The van der Waals surface area contributed by atoms with Crippen LogP contribution in [0.5, 0.6) is 5.75 Å². The molecule has 3 aromatic rings. The van der Waals surface area contributed by atoms with Gasteiger partial charge >= 0.3 is 0 Å². The molecular weight excluding hydrogens is 402 g/mol. The first kappa shape index (κ1) is 21.4. The first-order chi connectivity index (χ1) is 14.3. The summed E-state index contributed by atoms with van der Waals surface area (Å²) in [4.78, 5) is 8.90. The van der Waals surface area contributed by atoms with Crippen LogP contribution in [0.15, 0.2) is 53.4 Å². The summed E-state index contributed by atoms with van der Waals surface area (Å²) < 4.78 is 33.1. The Bertz CT molecular complexity index is 1130. The van der Waals surface area contributed by atoms with Gasteiger partial charge in [-0.15, -0.1) is 0 Å². The normalized spacial score (nSPS) is 11.1. The Morgan fingerprint density at radius 1 is 0.967 bits per heavy atom. The van der Waals surface area contributed by atoms with Gasteiger partial charge in [-0.3, -0.25) is 4.72 Å². The molecule has 0 unspecified atom stereocenters. The van der Waals surface area contributed by atoms with Crippen molar-refractivity contribution in [3.63, 3.8) is 0 Å². The number of anilines is 4. The van der Waals surface area contributed by atoms with Gasteiger partial charge in [0.05, 0.1) is 12.0 Å². The van der Waals surface area contributed by atoms with E-state index in [0.29, 0.717) is 23.2 Å². The van der Waals surface area contributed by atoms with Crippen molar-refractivity contribution in [3.8, 4) is 5.75 Å². The summed E-state index contributed by atoms with van der Waals surface area (Å²) in [5.74, 6) is 1.85. The molecule has 0 aliphatic rings. The molecule has 30 heavy (non-hydrogen) atoms. The number of nitrogens with zero attached hydrogens (tertiary/aromatic N) is 2. The maximum atomic E-state index is 12.7. The first-order valence-corrected chi connectivity index (χ1v) is 10.9. The fourth-order valence-electron chi connectivity index (χ4n) is 2.87. The lowest BCUT2D eigenvalue weighted by molar-refractivity contribution is 0.411. The number of methoxy groups -OCH3 is 1. The van der Waals surface area contributed by atoms with Crippen molar-refractivity contribution >= 4 is 33.2 Å². The number of aromatic nitrogens is 2. The highest BCUT2D eigenvalue weighted by Crippen LogP contribution is 2.24. The summed E-state index contributed by atoms with van der Waals surface area (Å²) in [5.41, 5.74) is 2.82. The van der Waals surface area contributed by atoms with E-state index in [1.165, 1.54) is 6.07 Å². The zero-order valence-corrected chi connectivity index (χ0v) is 18.2. The van der Waals surface area contributed by atoms with Crippen molar-refractivity contribution < 1.29 is 13.2 Å². The molecule has 2 aromatic carbocycles. The molecule has 0 bridgehead atoms. The highest BCUT2D eigenvalue weighted by molar-refractivity contribution is 7.92. The maximum Gasteiger partial charge on any atom is 0.261 e. The van der Waals surface area contributed by atoms with E-state index in [0.717, 1.165) is 23.5 Å². The Hall–Kier alpha value is -3.33. The molecule has 0 amide bonds. The van der Waals surface area contributed by atoms with E-state index in [4.69, 9.17) is 4.74 Å². The molecule has 0 aliphatic heterocycles. The van der Waals surface area contributed by atoms with E-state index in [2.05, 4.69) is 25.3 Å². The number of nitrogens with one attached hydrogen (secondary N) is 3. The average molecular weight is 428 g/mol. The van der Waals surface area contributed by atoms with E-state index < -0.39 is 10.0 Å². The number of sulfonamides is 1. The fourth-order valence-corrected chi connectivity index (χ4v) is 4.01. The van der Waals surface area contributed by atoms with E-state index in [-0.39, 0.29) is 4.90 Å². The van der Waals surface area contributed by atoms with Gasteiger partial charge in [0, 0.05) is 29.7 Å². The van der Waals surface area contributed by atoms with E-state index >= 15 is 0 Å². The van der Waals surface area contributed by atoms with Crippen LogP contribution in [0.3, 0.4) is 0 Å². The number of hydrogen-bond acceptors (Lipinski definition) is 7. The maximum absolute atomic E-state index is 12.7. The Morgan fingerprint density at radius 2 is 1.67 bits per heavy atom. The van der Waals surface area contributed by atoms with Gasteiger partial charge in [0.1, 0.15) is 11.6 Å². The highest BCUT2D eigenvalue weighted by Gasteiger charge is 2.15. The largest absolute Gasteiger partial charge is 0.496 e. The van der Waals surface area contributed by atoms with Gasteiger partial charge in [0.2, 0.25) is 5.95 Å². The lowest BCUT2D eigenvalue weighted by atomic mass is 10.2. The summed E-state index contributed by atoms with van der Waals surface area (Å²) in [6, 6.07) is 13.5. The van der Waals surface area contributed by atoms with Crippen molar-refractivity contribution in [3.05, 3.63) is 59.8 Å². The smallest absolute Gasteiger partial charge is 0.261 e. The standard InChI is InChI=1S/C21H25N5O3S/c1-5-22-21-23-15(3)13-20(25-21)24-16-6-8-17(9-7-16)26-30(27,28)18-10-11-19(29-4)14(2)12-18/h6-13,26H,5H2,1-4H3,(H2,22,23,24,25). The molecule has 3 N–H and O–H groups in total. The lowest BCUT2D eigenvalue weighted by Crippen LogP contribution is -2.13. The summed E-state index contributed by atoms with van der Waals surface area (Å²) in [7, 11) is -2.16. The van der Waals surface area contributed by atoms with Gasteiger partial charge in [0.25, 0.3) is 10.0 Å². The third kappa shape index (κ3) is 5.18. The minimum Gasteiger partial charge on any atom is -0.496 e. The molecule has 0 radical (unpaired) electrons. The Labute approximate surface area is 176 Å². The van der Waals surface area contributed by atoms with E-state index in [9.17, 15) is 8.42 Å². The number of ether oxygens (including phenoxy) is 1. The molecule has 0 spiro atoms. The molecule has 0 atom stereocenters. The fraction of sp³-hybridized carbons (Fsp3) is 0.238. The summed E-state index contributed by atoms with van der Waals surface area (Å²) in [5, 5.41) is 6.29. The Balaban J connectivity index is 1.73. The van der Waals surface area contributed by atoms with Crippen molar-refractivity contribution in [2.45, 2.75) is 25.7 Å². The van der Waals surface area contributed by atoms with E-state index in [1.807, 2.05) is 19.9 Å². The SMILES string of the molecule is CCNc1nc(C)cc(Nc2ccc(NS(=O)(=O)c3ccc(OC)c(C)c3)cc2)n1. The molecule has 0 fully saturated rings. The highest BCUT2D eigenvalue weighted by atomic mass is 32.2. The Morgan fingerprint density at radius 3 is 2.30 bits per heavy atom. The van der Waals surface area contributed by atoms with Gasteiger partial charge in [0.15, 0.2) is 0 Å². The third-order valence-electron chi connectivity index (χ3n) is 4.28. The van der Waals surface area contributed by atoms with Crippen LogP contribution in [-0.2, 0) is 10.0 Å². The zero-order chi connectivity index (χ0) is 21.7. The molecular formula is C21H25N5O3S. The van der Waals surface area contributed by atoms with Crippen LogP contribution in [-0.4, -0.2) is 32.0 Å². The second-order valence-electron chi connectivity index (χ2n) is 6.69. The van der Waals surface area contributed by atoms with Gasteiger partial charge in [-0.1, -0.05) is 0 Å². The van der Waals surface area contributed by atoms with Gasteiger partial charge < -0.3 is 15.4 Å². The summed E-state index contributed by atoms with van der Waals surface area (Å²) >= 11 is 0. The summed E-state index contributed by atoms with van der Waals surface area (Å²) in [6.45, 7) is 6.40. The topological polar surface area (TPSA) is 105 Å². The third-order valence-corrected chi connectivity index (χ3v) is 5.65. The van der Waals surface area contributed by atoms with Gasteiger partial charge in [-0.2, -0.15) is 4.98 Å². The molecule has 9 heteroatoms. The quantitative estimate of drug-likeness (QED) is 0.497. The van der Waals surface area contributed by atoms with Gasteiger partial charge in [-0.25, -0.2) is 13.4 Å². The van der Waals surface area contributed by atoms with Crippen molar-refractivity contribution in [2.24, 2.45) is 0 Å². The van der Waals surface area contributed by atoms with E-state index in [1.54, 1.807) is 50.4 Å². The van der Waals surface area contributed by atoms with Crippen LogP contribution < -0.4 is 20.1 Å². The number of benzene rings is 2. The molecule has 0 aliphatic carbocycles. The van der Waals surface area contributed by atoms with Crippen LogP contribution in [0.4, 0.5) is 23.1 Å². The van der Waals surface area contributed by atoms with Crippen molar-refractivity contribution in [1.82, 2.24) is 9.97 Å². The summed E-state index contributed by atoms with van der Waals surface area (Å²) in [6.07, 6.45) is 0. The molecule has 0 saturated carbocycles. The monoisotopic (exact) mass is 427 g/mol. The minimum atomic E-state index is -3.70. The van der Waals surface area contributed by atoms with Crippen LogP contribution >= 0.6 is 0 Å². The van der Waals surface area contributed by atoms with Crippen molar-refractivity contribution in [2.75, 3.05) is 29.0 Å². The molecule has 3 rings (SSSR count). The van der Waals surface area contributed by atoms with Crippen LogP contribution in [0.2, 0.25) is 0 Å². The first-order valence-electron chi connectivity index (χ1n) is 9.45. The number of rotatable bonds is 8. The number of hydrogen-bond donors (Lipinski definition) is 3. The minimum absolute atomic E-state index is 0.176. The van der Waals surface area contributed by atoms with Crippen LogP contribution in [0, 0.1) is 13.8 Å². The average Bonchev–Trinajstić information content (AvgIpc) is 2.69. The molecule has 1 aromatic heterocycles. The lowest BCUT2D eigenvalue weighted by Gasteiger charge is -2.12. The molecule has 1 heterocycles. The molecule has 0 saturated heterocycles. The molecule has 8 nitrogen and oxygen atoms in total. The number of aryl methyl sites for hydroxylation is 2. The second-order valence-corrected chi connectivity index (χ2v) is 8.37. The molecule has 158 valence electrons. The van der Waals surface area contributed by atoms with Gasteiger partial charge in [-0.05, 0) is 68.8 Å². The van der Waals surface area contributed by atoms with Crippen LogP contribution in [0.25, 0.3) is 0 Å². The second kappa shape index (κ2) is 9.00. The van der Waals surface area contributed by atoms with Crippen LogP contribution in [0.1, 0.15) is 18.2 Å². The Kier molecular flexibility index (Phi) is 6.41. The van der Waals surface area contributed by atoms with Crippen molar-refractivity contribution in [1.29, 1.82) is 0 Å². The predicted octanol–water partition coefficient (Wildman–Crippen LogP) is 4.08. The zero-order valence-electron chi connectivity index (χ0n) is 17.4.